The van der Waals surface area contributed by atoms with Gasteiger partial charge in [-0.05, 0) is 85.8 Å². The van der Waals surface area contributed by atoms with E-state index in [4.69, 9.17) is 14.7 Å². The third-order valence-corrected chi connectivity index (χ3v) is 13.7. The van der Waals surface area contributed by atoms with E-state index in [9.17, 15) is 58.7 Å². The van der Waals surface area contributed by atoms with E-state index < -0.39 is 82.9 Å². The van der Waals surface area contributed by atoms with Gasteiger partial charge in [0.1, 0.15) is 6.20 Å². The second-order valence-electron chi connectivity index (χ2n) is 16.7. The highest BCUT2D eigenvalue weighted by molar-refractivity contribution is 7.86. The lowest BCUT2D eigenvalue weighted by molar-refractivity contribution is -0.684. The van der Waals surface area contributed by atoms with Crippen molar-refractivity contribution in [2.45, 2.75) is 69.7 Å². The Morgan fingerprint density at radius 3 is 2.10 bits per heavy atom. The van der Waals surface area contributed by atoms with Gasteiger partial charge in [0.15, 0.2) is 12.3 Å². The zero-order chi connectivity index (χ0) is 49.3. The third-order valence-electron chi connectivity index (χ3n) is 11.2. The number of aliphatic imine (C=N–C) groups is 1. The van der Waals surface area contributed by atoms with Crippen molar-refractivity contribution in [3.8, 4) is 11.8 Å². The monoisotopic (exact) mass is 984 g/mol. The fourth-order valence-corrected chi connectivity index (χ4v) is 9.54. The van der Waals surface area contributed by atoms with Gasteiger partial charge in [0.05, 0.1) is 45.2 Å². The summed E-state index contributed by atoms with van der Waals surface area (Å²) in [4.78, 5) is 44.6. The van der Waals surface area contributed by atoms with Gasteiger partial charge in [0.2, 0.25) is 11.8 Å². The number of fused-ring (bicyclic) bond motifs is 2. The minimum atomic E-state index is -4.54. The molecule has 4 heterocycles. The van der Waals surface area contributed by atoms with E-state index >= 15 is 0 Å². The van der Waals surface area contributed by atoms with Gasteiger partial charge in [-0.1, -0.05) is 50.3 Å². The van der Waals surface area contributed by atoms with Crippen LogP contribution in [0.1, 0.15) is 67.6 Å². The lowest BCUT2D eigenvalue weighted by Crippen LogP contribution is -2.41. The van der Waals surface area contributed by atoms with Crippen LogP contribution in [0.3, 0.4) is 0 Å². The number of aromatic nitrogens is 2. The van der Waals surface area contributed by atoms with Crippen LogP contribution in [0.4, 0.5) is 17.2 Å². The Bertz CT molecular complexity index is 3050. The molecule has 20 nitrogen and oxygen atoms in total. The van der Waals surface area contributed by atoms with E-state index in [0.717, 1.165) is 17.2 Å². The van der Waals surface area contributed by atoms with Crippen molar-refractivity contribution in [3.05, 3.63) is 125 Å². The summed E-state index contributed by atoms with van der Waals surface area (Å²) in [6.45, 7) is 8.47. The largest absolute Gasteiger partial charge is 0.492 e. The van der Waals surface area contributed by atoms with Crippen LogP contribution in [0.2, 0.25) is 0 Å². The molecule has 0 atom stereocenters. The number of para-hydroxylation sites is 1. The number of hydrogen-bond acceptors (Lipinski definition) is 14. The van der Waals surface area contributed by atoms with Crippen LogP contribution >= 0.6 is 0 Å². The molecule has 0 radical (unpaired) electrons. The van der Waals surface area contributed by atoms with E-state index in [2.05, 4.69) is 0 Å². The minimum Gasteiger partial charge on any atom is -0.492 e. The number of carbonyl (C=O) groups is 2. The quantitative estimate of drug-likeness (QED) is 0.0391. The Hall–Kier alpha value is -6.21. The van der Waals surface area contributed by atoms with Gasteiger partial charge in [-0.3, -0.25) is 23.3 Å². The van der Waals surface area contributed by atoms with Crippen LogP contribution in [-0.2, 0) is 57.4 Å². The van der Waals surface area contributed by atoms with Gasteiger partial charge >= 0.3 is 11.8 Å². The van der Waals surface area contributed by atoms with Crippen LogP contribution in [0.15, 0.2) is 113 Å². The molecule has 0 bridgehead atoms. The molecular formula is C44H50N5O15S3+. The molecule has 0 saturated carbocycles. The fourth-order valence-electron chi connectivity index (χ4n) is 8.04. The number of benzene rings is 2. The highest BCUT2D eigenvalue weighted by Gasteiger charge is 2.46. The molecule has 2 aromatic heterocycles. The predicted octanol–water partition coefficient (Wildman–Crippen LogP) is 4.69. The smallest absolute Gasteiger partial charge is 0.361 e. The number of carbonyl (C=O) groups excluding carboxylic acids is 2. The predicted molar refractivity (Wildman–Crippen MR) is 245 cm³/mol. The molecule has 6 rings (SSSR count). The van der Waals surface area contributed by atoms with Gasteiger partial charge in [0.25, 0.3) is 36.3 Å². The number of anilines is 2. The molecule has 0 unspecified atom stereocenters. The van der Waals surface area contributed by atoms with Gasteiger partial charge in [-0.2, -0.15) is 30.3 Å². The van der Waals surface area contributed by atoms with E-state index in [-0.39, 0.29) is 42.1 Å². The van der Waals surface area contributed by atoms with E-state index in [1.807, 2.05) is 32.6 Å². The zero-order valence-corrected chi connectivity index (χ0v) is 39.4. The lowest BCUT2D eigenvalue weighted by atomic mass is 9.79. The summed E-state index contributed by atoms with van der Waals surface area (Å²) in [6, 6.07) is 14.4. The first kappa shape index (κ1) is 50.2. The van der Waals surface area contributed by atoms with Crippen LogP contribution in [0.25, 0.3) is 0 Å². The SMILES string of the molecule is Cc1c(C(=O)N(OCC(=O)On2c(O)ccc2O)c2ccccc2)c[n+](CCCS(=O)(=O)O)c2c1C(C)(C)C(C=CC=CC=C1N(CCCS(=O)(=O)O)c3ccc(S(=O)(=O)O)cc3C1(C)C)=N2. The zero-order valence-electron chi connectivity index (χ0n) is 37.0. The topological polar surface area (TPSA) is 284 Å². The Morgan fingerprint density at radius 1 is 0.836 bits per heavy atom. The molecule has 5 N–H and O–H groups in total. The van der Waals surface area contributed by atoms with Crippen molar-refractivity contribution < 1.29 is 73.0 Å². The number of aryl methyl sites for hydroxylation is 1. The first-order valence-corrected chi connectivity index (χ1v) is 25.2. The average Bonchev–Trinajstić information content (AvgIpc) is 3.77. The van der Waals surface area contributed by atoms with Crippen LogP contribution < -0.4 is 19.4 Å². The number of aromatic hydroxyl groups is 2. The molecule has 4 aromatic rings. The van der Waals surface area contributed by atoms with Crippen molar-refractivity contribution in [3.63, 3.8) is 0 Å². The number of pyridine rings is 1. The van der Waals surface area contributed by atoms with Crippen molar-refractivity contribution in [1.29, 1.82) is 0 Å². The summed E-state index contributed by atoms with van der Waals surface area (Å²) >= 11 is 0. The molecule has 67 heavy (non-hydrogen) atoms. The van der Waals surface area contributed by atoms with Crippen LogP contribution in [0, 0.1) is 6.92 Å². The van der Waals surface area contributed by atoms with Gasteiger partial charge in [-0.15, -0.1) is 4.73 Å². The molecule has 358 valence electrons. The summed E-state index contributed by atoms with van der Waals surface area (Å²) < 4.78 is 101. The number of rotatable bonds is 18. The van der Waals surface area contributed by atoms with Gasteiger partial charge in [0, 0.05) is 41.9 Å². The molecule has 0 saturated heterocycles. The summed E-state index contributed by atoms with van der Waals surface area (Å²) in [5, 5.41) is 20.7. The second-order valence-corrected chi connectivity index (χ2v) is 21.3. The highest BCUT2D eigenvalue weighted by Crippen LogP contribution is 2.48. The lowest BCUT2D eigenvalue weighted by Gasteiger charge is -2.27. The van der Waals surface area contributed by atoms with Crippen molar-refractivity contribution in [1.82, 2.24) is 4.73 Å². The first-order valence-electron chi connectivity index (χ1n) is 20.6. The van der Waals surface area contributed by atoms with E-state index in [1.54, 1.807) is 72.2 Å². The van der Waals surface area contributed by atoms with Gasteiger partial charge in [-0.25, -0.2) is 9.36 Å². The normalized spacial score (nSPS) is 16.1. The van der Waals surface area contributed by atoms with Crippen LogP contribution in [-0.4, -0.2) is 96.1 Å². The van der Waals surface area contributed by atoms with Gasteiger partial charge < -0.3 is 20.0 Å². The van der Waals surface area contributed by atoms with Crippen molar-refractivity contribution in [2.24, 2.45) is 4.99 Å². The number of nitrogens with zero attached hydrogens (tertiary/aromatic N) is 5. The Kier molecular flexibility index (Phi) is 14.4. The maximum absolute atomic E-state index is 14.6. The summed E-state index contributed by atoms with van der Waals surface area (Å²) in [5.41, 5.74) is 2.08. The van der Waals surface area contributed by atoms with Crippen molar-refractivity contribution in [2.75, 3.05) is 34.6 Å². The molecule has 1 amide bonds. The minimum absolute atomic E-state index is 0.000253. The molecule has 2 aliphatic heterocycles. The number of allylic oxidation sites excluding steroid dienone is 6. The number of hydrogen-bond donors (Lipinski definition) is 5. The third kappa shape index (κ3) is 11.3. The molecule has 2 aromatic carbocycles. The average molecular weight is 985 g/mol. The Balaban J connectivity index is 1.32. The van der Waals surface area contributed by atoms with Crippen molar-refractivity contribution >= 4 is 65.1 Å². The van der Waals surface area contributed by atoms with E-state index in [0.29, 0.717) is 44.3 Å². The number of amides is 1. The molecule has 2 aliphatic rings. The maximum Gasteiger partial charge on any atom is 0.361 e. The summed E-state index contributed by atoms with van der Waals surface area (Å²) in [5.74, 6) is -3.63. The second kappa shape index (κ2) is 19.2. The fraction of sp³-hybridized carbons (Fsp3) is 0.318. The Morgan fingerprint density at radius 2 is 1.48 bits per heavy atom. The molecule has 23 heteroatoms. The summed E-state index contributed by atoms with van der Waals surface area (Å²) in [6.07, 6.45) is 10.2. The molecule has 0 aliphatic carbocycles. The molecule has 0 fully saturated rings. The maximum atomic E-state index is 14.6. The number of hydroxylamine groups is 1. The summed E-state index contributed by atoms with van der Waals surface area (Å²) in [7, 11) is -13.1. The Labute approximate surface area is 387 Å². The van der Waals surface area contributed by atoms with Crippen LogP contribution in [0.5, 0.6) is 11.8 Å². The highest BCUT2D eigenvalue weighted by atomic mass is 32.2. The molecular weight excluding hydrogens is 935 g/mol. The van der Waals surface area contributed by atoms with E-state index in [1.165, 1.54) is 24.4 Å². The molecule has 0 spiro atoms. The first-order chi connectivity index (χ1) is 31.2. The standard InChI is InChI=1S/C44H49N5O15S3/c1-29-32(42(53)48(30-14-8-6-9-15-30)63-28-39(52)64-49-37(50)20-21-38(49)51)27-46(22-12-24-65(54,55)56)41-40(29)44(4,5)35(45-41)16-10-7-11-17-36-43(2,3)33-26-31(67(60,61)62)18-19-34(33)47(36)23-13-25-66(57,58)59/h6-11,14-21,26-27H,12-13,22-25,28H2,1-5H3,(H4-,50,51,54,55,56,57,58,59,60,61,62)/p+1.